The van der Waals surface area contributed by atoms with Gasteiger partial charge in [0.05, 0.1) is 5.60 Å². The summed E-state index contributed by atoms with van der Waals surface area (Å²) in [5.41, 5.74) is 0.0601. The molecule has 3 atom stereocenters. The third-order valence-electron chi connectivity index (χ3n) is 4.36. The van der Waals surface area contributed by atoms with Crippen molar-refractivity contribution in [1.29, 1.82) is 0 Å². The molecule has 0 spiro atoms. The van der Waals surface area contributed by atoms with Gasteiger partial charge in [-0.1, -0.05) is 32.8 Å². The highest BCUT2D eigenvalue weighted by molar-refractivity contribution is 4.97. The van der Waals surface area contributed by atoms with Crippen molar-refractivity contribution in [2.75, 3.05) is 13.2 Å². The van der Waals surface area contributed by atoms with Crippen molar-refractivity contribution in [3.8, 4) is 0 Å². The average Bonchev–Trinajstić information content (AvgIpc) is 2.39. The van der Waals surface area contributed by atoms with Crippen molar-refractivity contribution in [3.05, 3.63) is 12.7 Å². The number of hydrogen-bond donors (Lipinski definition) is 1. The number of hydrogen-bond acceptors (Lipinski definition) is 2. The lowest BCUT2D eigenvalue weighted by Gasteiger charge is -2.46. The summed E-state index contributed by atoms with van der Waals surface area (Å²) < 4.78 is 6.30. The van der Waals surface area contributed by atoms with Crippen LogP contribution in [0.2, 0.25) is 0 Å². The van der Waals surface area contributed by atoms with Crippen LogP contribution in [-0.2, 0) is 4.74 Å². The quantitative estimate of drug-likeness (QED) is 0.629. The van der Waals surface area contributed by atoms with Gasteiger partial charge in [-0.3, -0.25) is 0 Å². The molecule has 0 aromatic heterocycles. The molecule has 2 heteroatoms. The molecular weight excluding hydrogens is 234 g/mol. The summed E-state index contributed by atoms with van der Waals surface area (Å²) in [5.74, 6) is 0.787. The van der Waals surface area contributed by atoms with Crippen molar-refractivity contribution in [1.82, 2.24) is 5.32 Å². The number of ether oxygens (including phenoxy) is 1. The van der Waals surface area contributed by atoms with Gasteiger partial charge in [-0.2, -0.15) is 0 Å². The first kappa shape index (κ1) is 16.7. The molecular formula is C17H33NO. The van der Waals surface area contributed by atoms with Gasteiger partial charge < -0.3 is 10.1 Å². The molecule has 1 aliphatic carbocycles. The van der Waals surface area contributed by atoms with E-state index >= 15 is 0 Å². The van der Waals surface area contributed by atoms with Crippen LogP contribution in [0, 0.1) is 5.92 Å². The third kappa shape index (κ3) is 4.92. The minimum atomic E-state index is 0.0601. The van der Waals surface area contributed by atoms with Crippen molar-refractivity contribution in [2.24, 2.45) is 5.92 Å². The van der Waals surface area contributed by atoms with Gasteiger partial charge in [-0.25, -0.2) is 0 Å². The van der Waals surface area contributed by atoms with Crippen LogP contribution in [0.3, 0.4) is 0 Å². The standard InChI is InChI=1S/C17H33NO/c1-5-8-11-16(18-13-6-2)17(19-7-3)12-9-10-15(4)14-17/h5,15-16,18H,1,6-14H2,2-4H3. The van der Waals surface area contributed by atoms with E-state index in [4.69, 9.17) is 4.74 Å². The molecule has 1 rings (SSSR count). The Bertz CT molecular complexity index is 250. The summed E-state index contributed by atoms with van der Waals surface area (Å²) in [6.07, 6.45) is 10.5. The summed E-state index contributed by atoms with van der Waals surface area (Å²) in [4.78, 5) is 0. The van der Waals surface area contributed by atoms with Gasteiger partial charge in [0.15, 0.2) is 0 Å². The van der Waals surface area contributed by atoms with Gasteiger partial charge in [0, 0.05) is 12.6 Å². The smallest absolute Gasteiger partial charge is 0.0837 e. The third-order valence-corrected chi connectivity index (χ3v) is 4.36. The predicted octanol–water partition coefficient (Wildman–Crippen LogP) is 4.31. The second-order valence-electron chi connectivity index (χ2n) is 6.07. The van der Waals surface area contributed by atoms with Crippen LogP contribution in [0.15, 0.2) is 12.7 Å². The van der Waals surface area contributed by atoms with Crippen LogP contribution in [0.25, 0.3) is 0 Å². The molecule has 19 heavy (non-hydrogen) atoms. The van der Waals surface area contributed by atoms with Gasteiger partial charge >= 0.3 is 0 Å². The highest BCUT2D eigenvalue weighted by Gasteiger charge is 2.41. The van der Waals surface area contributed by atoms with Crippen molar-refractivity contribution in [2.45, 2.75) is 77.4 Å². The Labute approximate surface area is 120 Å². The molecule has 0 saturated heterocycles. The Morgan fingerprint density at radius 2 is 2.26 bits per heavy atom. The summed E-state index contributed by atoms with van der Waals surface area (Å²) in [6, 6.07) is 0.480. The minimum absolute atomic E-state index is 0.0601. The fourth-order valence-electron chi connectivity index (χ4n) is 3.53. The van der Waals surface area contributed by atoms with E-state index in [9.17, 15) is 0 Å². The maximum absolute atomic E-state index is 6.30. The molecule has 3 unspecified atom stereocenters. The summed E-state index contributed by atoms with van der Waals surface area (Å²) in [7, 11) is 0. The maximum atomic E-state index is 6.30. The second-order valence-corrected chi connectivity index (χ2v) is 6.07. The summed E-state index contributed by atoms with van der Waals surface area (Å²) >= 11 is 0. The Hall–Kier alpha value is -0.340. The summed E-state index contributed by atoms with van der Waals surface area (Å²) in [6.45, 7) is 12.5. The normalized spacial score (nSPS) is 29.1. The zero-order chi connectivity index (χ0) is 14.1. The van der Waals surface area contributed by atoms with Gasteiger partial charge in [0.1, 0.15) is 0 Å². The van der Waals surface area contributed by atoms with Crippen molar-refractivity contribution in [3.63, 3.8) is 0 Å². The first-order valence-electron chi connectivity index (χ1n) is 8.16. The molecule has 0 radical (unpaired) electrons. The van der Waals surface area contributed by atoms with E-state index in [1.54, 1.807) is 0 Å². The molecule has 1 saturated carbocycles. The molecule has 0 aliphatic heterocycles. The summed E-state index contributed by atoms with van der Waals surface area (Å²) in [5, 5.41) is 3.75. The largest absolute Gasteiger partial charge is 0.374 e. The Morgan fingerprint density at radius 3 is 2.84 bits per heavy atom. The Balaban J connectivity index is 2.78. The Kier molecular flexibility index (Phi) is 7.70. The fraction of sp³-hybridized carbons (Fsp3) is 0.882. The highest BCUT2D eigenvalue weighted by atomic mass is 16.5. The predicted molar refractivity (Wildman–Crippen MR) is 83.5 cm³/mol. The van der Waals surface area contributed by atoms with E-state index in [2.05, 4.69) is 32.7 Å². The maximum Gasteiger partial charge on any atom is 0.0837 e. The first-order chi connectivity index (χ1) is 9.18. The van der Waals surface area contributed by atoms with Gasteiger partial charge in [-0.05, 0) is 51.5 Å². The van der Waals surface area contributed by atoms with E-state index in [0.29, 0.717) is 6.04 Å². The fourth-order valence-corrected chi connectivity index (χ4v) is 3.53. The Morgan fingerprint density at radius 1 is 1.47 bits per heavy atom. The van der Waals surface area contributed by atoms with Crippen LogP contribution in [0.4, 0.5) is 0 Å². The number of nitrogens with one attached hydrogen (secondary N) is 1. The van der Waals surface area contributed by atoms with Crippen molar-refractivity contribution < 1.29 is 4.74 Å². The molecule has 0 aromatic carbocycles. The van der Waals surface area contributed by atoms with Crippen molar-refractivity contribution >= 4 is 0 Å². The van der Waals surface area contributed by atoms with Gasteiger partial charge in [-0.15, -0.1) is 6.58 Å². The first-order valence-corrected chi connectivity index (χ1v) is 8.16. The molecule has 1 N–H and O–H groups in total. The average molecular weight is 267 g/mol. The van der Waals surface area contributed by atoms with Gasteiger partial charge in [0.2, 0.25) is 0 Å². The lowest BCUT2D eigenvalue weighted by molar-refractivity contribution is -0.101. The van der Waals surface area contributed by atoms with E-state index in [0.717, 1.165) is 31.9 Å². The number of rotatable bonds is 9. The van der Waals surface area contributed by atoms with E-state index in [1.165, 1.54) is 32.1 Å². The second kappa shape index (κ2) is 8.76. The molecule has 0 amide bonds. The molecule has 0 bridgehead atoms. The monoisotopic (exact) mass is 267 g/mol. The van der Waals surface area contributed by atoms with Crippen LogP contribution < -0.4 is 5.32 Å². The molecule has 1 aliphatic rings. The number of allylic oxidation sites excluding steroid dienone is 1. The molecule has 0 aromatic rings. The zero-order valence-electron chi connectivity index (χ0n) is 13.2. The van der Waals surface area contributed by atoms with E-state index in [-0.39, 0.29) is 5.60 Å². The SMILES string of the molecule is C=CCCC(NCCC)C1(OCC)CCCC(C)C1. The molecule has 2 nitrogen and oxygen atoms in total. The van der Waals surface area contributed by atoms with E-state index in [1.807, 2.05) is 6.08 Å². The van der Waals surface area contributed by atoms with Crippen LogP contribution >= 0.6 is 0 Å². The lowest BCUT2D eigenvalue weighted by Crippen LogP contribution is -2.55. The zero-order valence-corrected chi connectivity index (χ0v) is 13.2. The molecule has 1 fully saturated rings. The van der Waals surface area contributed by atoms with Crippen LogP contribution in [0.5, 0.6) is 0 Å². The molecule has 112 valence electrons. The van der Waals surface area contributed by atoms with Gasteiger partial charge in [0.25, 0.3) is 0 Å². The molecule has 0 heterocycles. The topological polar surface area (TPSA) is 21.3 Å². The lowest BCUT2D eigenvalue weighted by atomic mass is 9.73. The van der Waals surface area contributed by atoms with Crippen LogP contribution in [-0.4, -0.2) is 24.8 Å². The van der Waals surface area contributed by atoms with E-state index < -0.39 is 0 Å². The highest BCUT2D eigenvalue weighted by Crippen LogP contribution is 2.39. The minimum Gasteiger partial charge on any atom is -0.374 e. The van der Waals surface area contributed by atoms with Crippen LogP contribution in [0.1, 0.15) is 65.7 Å².